The van der Waals surface area contributed by atoms with E-state index in [1.54, 1.807) is 5.56 Å². The molecule has 1 aliphatic rings. The summed E-state index contributed by atoms with van der Waals surface area (Å²) in [6.45, 7) is 5.53. The fourth-order valence-corrected chi connectivity index (χ4v) is 3.30. The van der Waals surface area contributed by atoms with Crippen LogP contribution < -0.4 is 5.32 Å². The maximum Gasteiger partial charge on any atom is 0.0105 e. The van der Waals surface area contributed by atoms with Crippen LogP contribution in [-0.4, -0.2) is 12.6 Å². The van der Waals surface area contributed by atoms with E-state index in [1.807, 2.05) is 0 Å². The minimum absolute atomic E-state index is 0.630. The zero-order valence-electron chi connectivity index (χ0n) is 12.6. The fourth-order valence-electron chi connectivity index (χ4n) is 3.30. The fraction of sp³-hybridized carbons (Fsp3) is 0.667. The Morgan fingerprint density at radius 1 is 1.05 bits per heavy atom. The lowest BCUT2D eigenvalue weighted by molar-refractivity contribution is 0.443. The molecule has 0 radical (unpaired) electrons. The summed E-state index contributed by atoms with van der Waals surface area (Å²) in [5, 5.41) is 3.56. The summed E-state index contributed by atoms with van der Waals surface area (Å²) in [6.07, 6.45) is 9.45. The van der Waals surface area contributed by atoms with Crippen molar-refractivity contribution < 1.29 is 0 Å². The molecular formula is C18H29N. The first-order chi connectivity index (χ1) is 9.33. The lowest BCUT2D eigenvalue weighted by atomic mass is 9.84. The third-order valence-corrected chi connectivity index (χ3v) is 4.52. The summed E-state index contributed by atoms with van der Waals surface area (Å²) >= 11 is 0. The Morgan fingerprint density at radius 2 is 1.74 bits per heavy atom. The van der Waals surface area contributed by atoms with Gasteiger partial charge in [-0.05, 0) is 49.3 Å². The van der Waals surface area contributed by atoms with Crippen molar-refractivity contribution in [1.29, 1.82) is 0 Å². The SMILES string of the molecule is CCNC(CC)Cc1ccc(C2CCCCC2)cc1. The number of rotatable bonds is 6. The zero-order valence-corrected chi connectivity index (χ0v) is 12.6. The molecule has 0 heterocycles. The highest BCUT2D eigenvalue weighted by Gasteiger charge is 2.15. The standard InChI is InChI=1S/C18H29N/c1-3-18(19-4-2)14-15-10-12-17(13-11-15)16-8-6-5-7-9-16/h10-13,16,18-19H,3-9,14H2,1-2H3. The molecule has 1 saturated carbocycles. The second-order valence-electron chi connectivity index (χ2n) is 5.94. The Kier molecular flexibility index (Phi) is 5.91. The van der Waals surface area contributed by atoms with E-state index in [4.69, 9.17) is 0 Å². The molecule has 1 nitrogen and oxygen atoms in total. The van der Waals surface area contributed by atoms with E-state index in [-0.39, 0.29) is 0 Å². The van der Waals surface area contributed by atoms with Gasteiger partial charge in [0.2, 0.25) is 0 Å². The average Bonchev–Trinajstić information content (AvgIpc) is 2.48. The van der Waals surface area contributed by atoms with Crippen molar-refractivity contribution in [2.24, 2.45) is 0 Å². The van der Waals surface area contributed by atoms with Gasteiger partial charge in [-0.1, -0.05) is 57.4 Å². The number of benzene rings is 1. The molecule has 1 aliphatic carbocycles. The first kappa shape index (κ1) is 14.6. The molecule has 1 aromatic rings. The highest BCUT2D eigenvalue weighted by atomic mass is 14.9. The Labute approximate surface area is 118 Å². The molecule has 1 heteroatoms. The molecule has 0 spiro atoms. The normalized spacial score (nSPS) is 18.4. The number of nitrogens with one attached hydrogen (secondary N) is 1. The van der Waals surface area contributed by atoms with Crippen LogP contribution in [0.2, 0.25) is 0 Å². The van der Waals surface area contributed by atoms with Crippen molar-refractivity contribution in [3.05, 3.63) is 35.4 Å². The van der Waals surface area contributed by atoms with Gasteiger partial charge in [0.1, 0.15) is 0 Å². The molecule has 0 saturated heterocycles. The van der Waals surface area contributed by atoms with E-state index in [1.165, 1.54) is 44.1 Å². The molecule has 2 rings (SSSR count). The van der Waals surface area contributed by atoms with Crippen LogP contribution in [-0.2, 0) is 6.42 Å². The molecule has 1 N–H and O–H groups in total. The quantitative estimate of drug-likeness (QED) is 0.783. The highest BCUT2D eigenvalue weighted by molar-refractivity contribution is 5.26. The molecule has 19 heavy (non-hydrogen) atoms. The van der Waals surface area contributed by atoms with E-state index in [0.29, 0.717) is 6.04 Å². The maximum atomic E-state index is 3.56. The molecule has 1 atom stereocenters. The second kappa shape index (κ2) is 7.69. The molecule has 0 bridgehead atoms. The summed E-state index contributed by atoms with van der Waals surface area (Å²) in [6, 6.07) is 10.1. The minimum Gasteiger partial charge on any atom is -0.314 e. The van der Waals surface area contributed by atoms with Crippen molar-refractivity contribution >= 4 is 0 Å². The minimum atomic E-state index is 0.630. The van der Waals surface area contributed by atoms with Crippen LogP contribution in [0.15, 0.2) is 24.3 Å². The highest BCUT2D eigenvalue weighted by Crippen LogP contribution is 2.32. The topological polar surface area (TPSA) is 12.0 Å². The van der Waals surface area contributed by atoms with Gasteiger partial charge in [0.25, 0.3) is 0 Å². The van der Waals surface area contributed by atoms with Gasteiger partial charge in [-0.2, -0.15) is 0 Å². The van der Waals surface area contributed by atoms with Crippen LogP contribution >= 0.6 is 0 Å². The summed E-state index contributed by atoms with van der Waals surface area (Å²) < 4.78 is 0. The monoisotopic (exact) mass is 259 g/mol. The summed E-state index contributed by atoms with van der Waals surface area (Å²) in [4.78, 5) is 0. The number of likely N-dealkylation sites (N-methyl/N-ethyl adjacent to an activating group) is 1. The van der Waals surface area contributed by atoms with Gasteiger partial charge < -0.3 is 5.32 Å². The van der Waals surface area contributed by atoms with Crippen molar-refractivity contribution in [3.8, 4) is 0 Å². The van der Waals surface area contributed by atoms with Crippen molar-refractivity contribution in [2.45, 2.75) is 70.8 Å². The predicted molar refractivity (Wildman–Crippen MR) is 83.7 cm³/mol. The molecule has 1 unspecified atom stereocenters. The van der Waals surface area contributed by atoms with E-state index in [9.17, 15) is 0 Å². The van der Waals surface area contributed by atoms with Crippen LogP contribution in [0.3, 0.4) is 0 Å². The molecule has 0 amide bonds. The smallest absolute Gasteiger partial charge is 0.0105 e. The molecule has 0 aromatic heterocycles. The summed E-state index contributed by atoms with van der Waals surface area (Å²) in [7, 11) is 0. The molecule has 0 aliphatic heterocycles. The first-order valence-electron chi connectivity index (χ1n) is 8.15. The predicted octanol–water partition coefficient (Wildman–Crippen LogP) is 4.66. The Hall–Kier alpha value is -0.820. The van der Waals surface area contributed by atoms with Gasteiger partial charge in [0.15, 0.2) is 0 Å². The van der Waals surface area contributed by atoms with Gasteiger partial charge in [0, 0.05) is 6.04 Å². The maximum absolute atomic E-state index is 3.56. The van der Waals surface area contributed by atoms with Crippen LogP contribution in [0, 0.1) is 0 Å². The number of hydrogen-bond donors (Lipinski definition) is 1. The third kappa shape index (κ3) is 4.35. The van der Waals surface area contributed by atoms with E-state index in [2.05, 4.69) is 43.4 Å². The third-order valence-electron chi connectivity index (χ3n) is 4.52. The largest absolute Gasteiger partial charge is 0.314 e. The van der Waals surface area contributed by atoms with Gasteiger partial charge >= 0.3 is 0 Å². The van der Waals surface area contributed by atoms with Gasteiger partial charge in [-0.25, -0.2) is 0 Å². The summed E-state index contributed by atoms with van der Waals surface area (Å²) in [5.74, 6) is 0.832. The van der Waals surface area contributed by atoms with Crippen LogP contribution in [0.1, 0.15) is 69.4 Å². The van der Waals surface area contributed by atoms with Crippen molar-refractivity contribution in [2.75, 3.05) is 6.54 Å². The van der Waals surface area contributed by atoms with Crippen LogP contribution in [0.25, 0.3) is 0 Å². The molecule has 1 fully saturated rings. The Bertz CT molecular complexity index is 348. The molecule has 106 valence electrons. The van der Waals surface area contributed by atoms with Crippen molar-refractivity contribution in [3.63, 3.8) is 0 Å². The zero-order chi connectivity index (χ0) is 13.5. The Morgan fingerprint density at radius 3 is 2.32 bits per heavy atom. The van der Waals surface area contributed by atoms with Gasteiger partial charge in [-0.15, -0.1) is 0 Å². The lowest BCUT2D eigenvalue weighted by Gasteiger charge is -2.22. The van der Waals surface area contributed by atoms with Crippen LogP contribution in [0.4, 0.5) is 0 Å². The lowest BCUT2D eigenvalue weighted by Crippen LogP contribution is -2.30. The molecular weight excluding hydrogens is 230 g/mol. The van der Waals surface area contributed by atoms with Gasteiger partial charge in [-0.3, -0.25) is 0 Å². The van der Waals surface area contributed by atoms with Crippen LogP contribution in [0.5, 0.6) is 0 Å². The summed E-state index contributed by atoms with van der Waals surface area (Å²) in [5.41, 5.74) is 3.05. The average molecular weight is 259 g/mol. The Balaban J connectivity index is 1.93. The first-order valence-corrected chi connectivity index (χ1v) is 8.15. The number of hydrogen-bond acceptors (Lipinski definition) is 1. The second-order valence-corrected chi connectivity index (χ2v) is 5.94. The van der Waals surface area contributed by atoms with E-state index in [0.717, 1.165) is 18.9 Å². The molecule has 1 aromatic carbocycles. The van der Waals surface area contributed by atoms with Gasteiger partial charge in [0.05, 0.1) is 0 Å². The van der Waals surface area contributed by atoms with E-state index >= 15 is 0 Å². The van der Waals surface area contributed by atoms with E-state index < -0.39 is 0 Å². The van der Waals surface area contributed by atoms with Crippen molar-refractivity contribution in [1.82, 2.24) is 5.32 Å².